The third kappa shape index (κ3) is 1.69. The summed E-state index contributed by atoms with van der Waals surface area (Å²) in [5.74, 6) is 0. The van der Waals surface area contributed by atoms with Gasteiger partial charge in [-0.25, -0.2) is 0 Å². The zero-order chi connectivity index (χ0) is 10.1. The van der Waals surface area contributed by atoms with E-state index in [1.807, 2.05) is 12.1 Å². The number of hydrogen-bond acceptors (Lipinski definition) is 2. The molecule has 1 aromatic heterocycles. The van der Waals surface area contributed by atoms with Gasteiger partial charge in [0.15, 0.2) is 0 Å². The van der Waals surface area contributed by atoms with Crippen LogP contribution in [0.1, 0.15) is 0 Å². The lowest BCUT2D eigenvalue weighted by atomic mass is 10.2. The maximum absolute atomic E-state index is 10.3. The minimum Gasteiger partial charge on any atom is -0.359 e. The summed E-state index contributed by atoms with van der Waals surface area (Å²) in [5.41, 5.74) is 1.63. The number of H-pyrrole nitrogens is 1. The van der Waals surface area contributed by atoms with Crippen molar-refractivity contribution in [3.8, 4) is 0 Å². The number of nitrogens with zero attached hydrogens (tertiary/aromatic N) is 1. The molecule has 0 unspecified atom stereocenters. The molecule has 72 valence electrons. The summed E-state index contributed by atoms with van der Waals surface area (Å²) in [5, 5.41) is 0.934. The topological polar surface area (TPSA) is 45.2 Å². The van der Waals surface area contributed by atoms with Crippen molar-refractivity contribution in [3.63, 3.8) is 0 Å². The second kappa shape index (κ2) is 3.96. The van der Waals surface area contributed by atoms with Crippen LogP contribution in [0.15, 0.2) is 31.6 Å². The molecular weight excluding hydrogens is 332 g/mol. The molecule has 0 spiro atoms. The van der Waals surface area contributed by atoms with Crippen molar-refractivity contribution in [1.82, 2.24) is 4.98 Å². The molecule has 0 saturated carbocycles. The molecule has 0 aliphatic heterocycles. The first-order chi connectivity index (χ1) is 6.72. The van der Waals surface area contributed by atoms with Gasteiger partial charge in [-0.1, -0.05) is 0 Å². The Morgan fingerprint density at radius 2 is 2.00 bits per heavy atom. The second-order valence-electron chi connectivity index (χ2n) is 2.65. The average Bonchev–Trinajstić information content (AvgIpc) is 2.51. The van der Waals surface area contributed by atoms with E-state index in [2.05, 4.69) is 41.2 Å². The van der Waals surface area contributed by atoms with Gasteiger partial charge < -0.3 is 4.98 Å². The number of benzene rings is 1. The lowest BCUT2D eigenvalue weighted by Gasteiger charge is -1.96. The van der Waals surface area contributed by atoms with E-state index >= 15 is 0 Å². The predicted molar refractivity (Wildman–Crippen MR) is 63.9 cm³/mol. The summed E-state index contributed by atoms with van der Waals surface area (Å²) in [6.45, 7) is 0. The van der Waals surface area contributed by atoms with Gasteiger partial charge in [0, 0.05) is 26.0 Å². The van der Waals surface area contributed by atoms with Gasteiger partial charge in [0.1, 0.15) is 5.69 Å². The van der Waals surface area contributed by atoms with Gasteiger partial charge in [-0.15, -0.1) is 0 Å². The van der Waals surface area contributed by atoms with Crippen LogP contribution in [0.2, 0.25) is 0 Å². The molecule has 0 atom stereocenters. The molecule has 0 saturated heterocycles. The highest BCUT2D eigenvalue weighted by molar-refractivity contribution is 9.13. The molecule has 0 aliphatic rings. The van der Waals surface area contributed by atoms with Gasteiger partial charge in [-0.3, -0.25) is 0 Å². The molecule has 2 aromatic rings. The zero-order valence-corrected chi connectivity index (χ0v) is 10.7. The number of aromatic amines is 1. The fourth-order valence-electron chi connectivity index (χ4n) is 1.22. The molecule has 0 fully saturated rings. The van der Waals surface area contributed by atoms with Crippen LogP contribution in [-0.4, -0.2) is 9.19 Å². The predicted octanol–water partition coefficient (Wildman–Crippen LogP) is 3.72. The van der Waals surface area contributed by atoms with Crippen molar-refractivity contribution in [1.29, 1.82) is 0 Å². The van der Waals surface area contributed by atoms with Crippen LogP contribution in [0.4, 0.5) is 5.69 Å². The maximum atomic E-state index is 10.3. The van der Waals surface area contributed by atoms with Crippen LogP contribution in [-0.2, 0) is 11.5 Å². The van der Waals surface area contributed by atoms with Crippen molar-refractivity contribution < 1.29 is 4.21 Å². The number of hydrogen-bond donors (Lipinski definition) is 1. The van der Waals surface area contributed by atoms with Crippen molar-refractivity contribution in [2.75, 3.05) is 0 Å². The van der Waals surface area contributed by atoms with E-state index in [9.17, 15) is 4.21 Å². The first-order valence-corrected chi connectivity index (χ1v) is 5.97. The van der Waals surface area contributed by atoms with Crippen molar-refractivity contribution in [2.24, 2.45) is 4.36 Å². The Morgan fingerprint density at radius 1 is 1.29 bits per heavy atom. The van der Waals surface area contributed by atoms with Gasteiger partial charge in [-0.05, 0) is 44.0 Å². The van der Waals surface area contributed by atoms with Crippen molar-refractivity contribution in [3.05, 3.63) is 27.3 Å². The quantitative estimate of drug-likeness (QED) is 0.848. The lowest BCUT2D eigenvalue weighted by molar-refractivity contribution is 0.698. The molecule has 3 nitrogen and oxygen atoms in total. The smallest absolute Gasteiger partial charge is 0.205 e. The monoisotopic (exact) mass is 334 g/mol. The largest absolute Gasteiger partial charge is 0.359 e. The van der Waals surface area contributed by atoms with E-state index in [1.165, 1.54) is 0 Å². The summed E-state index contributed by atoms with van der Waals surface area (Å²) in [4.78, 5) is 3.04. The highest BCUT2D eigenvalue weighted by Gasteiger charge is 2.05. The number of rotatable bonds is 1. The van der Waals surface area contributed by atoms with Gasteiger partial charge in [0.2, 0.25) is 11.5 Å². The van der Waals surface area contributed by atoms with Gasteiger partial charge in [0.25, 0.3) is 0 Å². The second-order valence-corrected chi connectivity index (χ2v) is 4.69. The number of aromatic nitrogens is 1. The van der Waals surface area contributed by atoms with Crippen LogP contribution in [0, 0.1) is 0 Å². The van der Waals surface area contributed by atoms with Crippen molar-refractivity contribution >= 4 is 59.9 Å². The SMILES string of the molecule is O=S=Nc1c[nH]c2cc(Br)c(Br)cc12. The minimum atomic E-state index is 0.212. The van der Waals surface area contributed by atoms with E-state index in [-0.39, 0.29) is 11.5 Å². The molecular formula is C8H4Br2N2OS. The molecule has 6 heteroatoms. The number of fused-ring (bicyclic) bond motifs is 1. The summed E-state index contributed by atoms with van der Waals surface area (Å²) < 4.78 is 16.0. The highest BCUT2D eigenvalue weighted by Crippen LogP contribution is 2.33. The lowest BCUT2D eigenvalue weighted by Crippen LogP contribution is -1.71. The van der Waals surface area contributed by atoms with Crippen LogP contribution in [0.25, 0.3) is 10.9 Å². The third-order valence-corrected chi connectivity index (χ3v) is 3.95. The first kappa shape index (κ1) is 10.1. The van der Waals surface area contributed by atoms with Crippen LogP contribution in [0.3, 0.4) is 0 Å². The first-order valence-electron chi connectivity index (χ1n) is 3.68. The van der Waals surface area contributed by atoms with E-state index < -0.39 is 0 Å². The molecule has 0 radical (unpaired) electrons. The molecule has 1 N–H and O–H groups in total. The standard InChI is InChI=1S/C8H4Br2N2OS/c9-5-1-4-7(2-6(5)10)11-3-8(4)12-14-13/h1-3,11H. The molecule has 0 aliphatic carbocycles. The van der Waals surface area contributed by atoms with E-state index in [0.717, 1.165) is 19.8 Å². The number of halogens is 2. The van der Waals surface area contributed by atoms with E-state index in [0.29, 0.717) is 5.69 Å². The normalized spacial score (nSPS) is 10.4. The minimum absolute atomic E-state index is 0.212. The summed E-state index contributed by atoms with van der Waals surface area (Å²) in [7, 11) is 0. The third-order valence-electron chi connectivity index (χ3n) is 1.84. The molecule has 0 amide bonds. The maximum Gasteiger partial charge on any atom is 0.205 e. The van der Waals surface area contributed by atoms with E-state index in [4.69, 9.17) is 0 Å². The summed E-state index contributed by atoms with van der Waals surface area (Å²) in [6.07, 6.45) is 1.72. The zero-order valence-electron chi connectivity index (χ0n) is 6.75. The molecule has 2 rings (SSSR count). The Labute approximate surface area is 100 Å². The fourth-order valence-corrected chi connectivity index (χ4v) is 2.14. The average molecular weight is 336 g/mol. The Morgan fingerprint density at radius 3 is 2.71 bits per heavy atom. The van der Waals surface area contributed by atoms with Crippen LogP contribution < -0.4 is 0 Å². The molecule has 1 heterocycles. The van der Waals surface area contributed by atoms with Crippen molar-refractivity contribution in [2.45, 2.75) is 0 Å². The summed E-state index contributed by atoms with van der Waals surface area (Å²) >= 11 is 7.01. The Balaban J connectivity index is 2.79. The van der Waals surface area contributed by atoms with Gasteiger partial charge in [0.05, 0.1) is 0 Å². The molecule has 0 bridgehead atoms. The van der Waals surface area contributed by atoms with Crippen LogP contribution >= 0.6 is 31.9 Å². The highest BCUT2D eigenvalue weighted by atomic mass is 79.9. The van der Waals surface area contributed by atoms with Gasteiger partial charge >= 0.3 is 0 Å². The van der Waals surface area contributed by atoms with Crippen LogP contribution in [0.5, 0.6) is 0 Å². The fraction of sp³-hybridized carbons (Fsp3) is 0. The summed E-state index contributed by atoms with van der Waals surface area (Å²) in [6, 6.07) is 3.86. The number of nitrogens with one attached hydrogen (secondary N) is 1. The van der Waals surface area contributed by atoms with Gasteiger partial charge in [-0.2, -0.15) is 8.57 Å². The molecule has 1 aromatic carbocycles. The Bertz CT molecular complexity index is 546. The Kier molecular flexibility index (Phi) is 2.85. The molecule has 14 heavy (non-hydrogen) atoms. The Hall–Kier alpha value is -0.460. The van der Waals surface area contributed by atoms with E-state index in [1.54, 1.807) is 6.20 Å².